The highest BCUT2D eigenvalue weighted by Gasteiger charge is 2.29. The molecule has 0 aromatic heterocycles. The Labute approximate surface area is 116 Å². The van der Waals surface area contributed by atoms with E-state index in [4.69, 9.17) is 10.5 Å². The van der Waals surface area contributed by atoms with E-state index >= 15 is 0 Å². The molecule has 0 bridgehead atoms. The van der Waals surface area contributed by atoms with Gasteiger partial charge < -0.3 is 15.4 Å². The van der Waals surface area contributed by atoms with E-state index in [0.717, 1.165) is 38.6 Å². The van der Waals surface area contributed by atoms with Gasteiger partial charge in [-0.25, -0.2) is 4.79 Å². The molecule has 0 aromatic carbocycles. The van der Waals surface area contributed by atoms with Crippen LogP contribution >= 0.6 is 0 Å². The first-order valence-electron chi connectivity index (χ1n) is 7.60. The fourth-order valence-electron chi connectivity index (χ4n) is 3.23. The van der Waals surface area contributed by atoms with E-state index < -0.39 is 0 Å². The minimum atomic E-state index is -0.158. The molecular weight excluding hydrogens is 242 g/mol. The smallest absolute Gasteiger partial charge is 0.409 e. The molecule has 0 aromatic rings. The number of carbonyl (C=O) groups excluding carboxylic acids is 1. The topological polar surface area (TPSA) is 58.8 Å². The van der Waals surface area contributed by atoms with Crippen molar-refractivity contribution in [2.45, 2.75) is 38.6 Å². The first kappa shape index (κ1) is 14.6. The van der Waals surface area contributed by atoms with Gasteiger partial charge in [0.2, 0.25) is 0 Å². The van der Waals surface area contributed by atoms with E-state index in [1.807, 2.05) is 11.8 Å². The SMILES string of the molecule is CCOC(=O)N1CCN(C2CCC(CN)CC2)CC1. The molecule has 5 heteroatoms. The predicted molar refractivity (Wildman–Crippen MR) is 75.0 cm³/mol. The standard InChI is InChI=1S/C14H27N3O2/c1-2-19-14(18)17-9-7-16(8-10-17)13-5-3-12(11-15)4-6-13/h12-13H,2-11,15H2,1H3. The third kappa shape index (κ3) is 3.83. The van der Waals surface area contributed by atoms with Gasteiger partial charge in [0.15, 0.2) is 0 Å². The lowest BCUT2D eigenvalue weighted by Gasteiger charge is -2.41. The van der Waals surface area contributed by atoms with Crippen molar-refractivity contribution in [3.63, 3.8) is 0 Å². The van der Waals surface area contributed by atoms with Gasteiger partial charge in [-0.05, 0) is 45.1 Å². The predicted octanol–water partition coefficient (Wildman–Crippen LogP) is 1.28. The summed E-state index contributed by atoms with van der Waals surface area (Å²) in [4.78, 5) is 16.0. The molecule has 2 rings (SSSR count). The summed E-state index contributed by atoms with van der Waals surface area (Å²) in [6.45, 7) is 6.72. The van der Waals surface area contributed by atoms with Crippen LogP contribution in [0.15, 0.2) is 0 Å². The van der Waals surface area contributed by atoms with Crippen molar-refractivity contribution in [1.82, 2.24) is 9.80 Å². The molecule has 1 amide bonds. The summed E-state index contributed by atoms with van der Waals surface area (Å²) in [6.07, 6.45) is 4.90. The van der Waals surface area contributed by atoms with Gasteiger partial charge in [-0.3, -0.25) is 4.90 Å². The molecule has 1 saturated heterocycles. The van der Waals surface area contributed by atoms with E-state index in [2.05, 4.69) is 4.90 Å². The normalized spacial score (nSPS) is 29.3. The Morgan fingerprint density at radius 2 is 1.79 bits per heavy atom. The molecule has 2 aliphatic rings. The van der Waals surface area contributed by atoms with Crippen molar-refractivity contribution >= 4 is 6.09 Å². The summed E-state index contributed by atoms with van der Waals surface area (Å²) in [5.41, 5.74) is 5.74. The molecule has 2 fully saturated rings. The van der Waals surface area contributed by atoms with Gasteiger partial charge >= 0.3 is 6.09 Å². The molecule has 0 unspecified atom stereocenters. The molecular formula is C14H27N3O2. The van der Waals surface area contributed by atoms with Gasteiger partial charge in [0.25, 0.3) is 0 Å². The number of nitrogens with zero attached hydrogens (tertiary/aromatic N) is 2. The lowest BCUT2D eigenvalue weighted by molar-refractivity contribution is 0.0542. The quantitative estimate of drug-likeness (QED) is 0.838. The van der Waals surface area contributed by atoms with E-state index in [1.54, 1.807) is 0 Å². The number of rotatable bonds is 3. The van der Waals surface area contributed by atoms with Crippen LogP contribution in [0.25, 0.3) is 0 Å². The molecule has 1 aliphatic heterocycles. The molecule has 5 nitrogen and oxygen atoms in total. The monoisotopic (exact) mass is 269 g/mol. The van der Waals surface area contributed by atoms with E-state index in [0.29, 0.717) is 12.6 Å². The molecule has 1 heterocycles. The molecule has 0 radical (unpaired) electrons. The largest absolute Gasteiger partial charge is 0.450 e. The second kappa shape index (κ2) is 7.10. The Kier molecular flexibility index (Phi) is 5.45. The van der Waals surface area contributed by atoms with Crippen molar-refractivity contribution in [1.29, 1.82) is 0 Å². The second-order valence-electron chi connectivity index (χ2n) is 5.63. The fraction of sp³-hybridized carbons (Fsp3) is 0.929. The van der Waals surface area contributed by atoms with Gasteiger partial charge in [0, 0.05) is 32.2 Å². The first-order chi connectivity index (χ1) is 9.24. The van der Waals surface area contributed by atoms with Gasteiger partial charge in [0.1, 0.15) is 0 Å². The Hall–Kier alpha value is -0.810. The summed E-state index contributed by atoms with van der Waals surface area (Å²) in [5.74, 6) is 0.733. The number of amides is 1. The van der Waals surface area contributed by atoms with Crippen molar-refractivity contribution in [2.24, 2.45) is 11.7 Å². The van der Waals surface area contributed by atoms with Crippen LogP contribution < -0.4 is 5.73 Å². The zero-order valence-electron chi connectivity index (χ0n) is 12.0. The average Bonchev–Trinajstić information content (AvgIpc) is 2.48. The maximum atomic E-state index is 11.6. The van der Waals surface area contributed by atoms with Crippen LogP contribution in [0.3, 0.4) is 0 Å². The van der Waals surface area contributed by atoms with Crippen molar-refractivity contribution in [3.05, 3.63) is 0 Å². The third-order valence-corrected chi connectivity index (χ3v) is 4.51. The van der Waals surface area contributed by atoms with Gasteiger partial charge in [-0.15, -0.1) is 0 Å². The van der Waals surface area contributed by atoms with Crippen LogP contribution in [0.2, 0.25) is 0 Å². The minimum Gasteiger partial charge on any atom is -0.450 e. The average molecular weight is 269 g/mol. The van der Waals surface area contributed by atoms with Crippen molar-refractivity contribution < 1.29 is 9.53 Å². The Balaban J connectivity index is 1.73. The number of ether oxygens (including phenoxy) is 1. The molecule has 1 aliphatic carbocycles. The van der Waals surface area contributed by atoms with Gasteiger partial charge in [-0.1, -0.05) is 0 Å². The lowest BCUT2D eigenvalue weighted by atomic mass is 9.85. The number of piperazine rings is 1. The minimum absolute atomic E-state index is 0.158. The van der Waals surface area contributed by atoms with E-state index in [1.165, 1.54) is 25.7 Å². The fourth-order valence-corrected chi connectivity index (χ4v) is 3.23. The highest BCUT2D eigenvalue weighted by molar-refractivity contribution is 5.67. The number of hydrogen-bond donors (Lipinski definition) is 1. The Morgan fingerprint density at radius 1 is 1.16 bits per heavy atom. The van der Waals surface area contributed by atoms with Crippen LogP contribution in [-0.2, 0) is 4.74 Å². The summed E-state index contributed by atoms with van der Waals surface area (Å²) < 4.78 is 5.05. The molecule has 19 heavy (non-hydrogen) atoms. The number of hydrogen-bond acceptors (Lipinski definition) is 4. The third-order valence-electron chi connectivity index (χ3n) is 4.51. The maximum Gasteiger partial charge on any atom is 0.409 e. The maximum absolute atomic E-state index is 11.6. The van der Waals surface area contributed by atoms with E-state index in [-0.39, 0.29) is 6.09 Å². The first-order valence-corrected chi connectivity index (χ1v) is 7.60. The summed E-state index contributed by atoms with van der Waals surface area (Å²) in [7, 11) is 0. The molecule has 0 atom stereocenters. The Morgan fingerprint density at radius 3 is 2.32 bits per heavy atom. The zero-order valence-corrected chi connectivity index (χ0v) is 12.0. The molecule has 0 spiro atoms. The molecule has 2 N–H and O–H groups in total. The van der Waals surface area contributed by atoms with Crippen LogP contribution in [0.4, 0.5) is 4.79 Å². The van der Waals surface area contributed by atoms with Crippen LogP contribution in [-0.4, -0.2) is 61.3 Å². The number of carbonyl (C=O) groups is 1. The van der Waals surface area contributed by atoms with Crippen LogP contribution in [0, 0.1) is 5.92 Å². The Bertz CT molecular complexity index is 282. The highest BCUT2D eigenvalue weighted by atomic mass is 16.6. The lowest BCUT2D eigenvalue weighted by Crippen LogP contribution is -2.52. The zero-order chi connectivity index (χ0) is 13.7. The van der Waals surface area contributed by atoms with Gasteiger partial charge in [0.05, 0.1) is 6.61 Å². The molecule has 110 valence electrons. The van der Waals surface area contributed by atoms with Crippen LogP contribution in [0.1, 0.15) is 32.6 Å². The summed E-state index contributed by atoms with van der Waals surface area (Å²) in [5, 5.41) is 0. The summed E-state index contributed by atoms with van der Waals surface area (Å²) in [6, 6.07) is 0.701. The highest BCUT2D eigenvalue weighted by Crippen LogP contribution is 2.27. The second-order valence-corrected chi connectivity index (χ2v) is 5.63. The van der Waals surface area contributed by atoms with E-state index in [9.17, 15) is 4.79 Å². The van der Waals surface area contributed by atoms with Gasteiger partial charge in [-0.2, -0.15) is 0 Å². The number of nitrogens with two attached hydrogens (primary N) is 1. The molecule has 1 saturated carbocycles. The van der Waals surface area contributed by atoms with Crippen molar-refractivity contribution in [3.8, 4) is 0 Å². The van der Waals surface area contributed by atoms with Crippen LogP contribution in [0.5, 0.6) is 0 Å². The summed E-state index contributed by atoms with van der Waals surface area (Å²) >= 11 is 0. The van der Waals surface area contributed by atoms with Crippen molar-refractivity contribution in [2.75, 3.05) is 39.3 Å².